The largest absolute Gasteiger partial charge is 0.326 e. The van der Waals surface area contributed by atoms with Gasteiger partial charge in [0.2, 0.25) is 5.91 Å². The molecule has 0 aromatic heterocycles. The van der Waals surface area contributed by atoms with Crippen LogP contribution in [-0.4, -0.2) is 29.6 Å². The van der Waals surface area contributed by atoms with Gasteiger partial charge in [-0.25, -0.2) is 0 Å². The summed E-state index contributed by atoms with van der Waals surface area (Å²) in [5.74, 6) is 2.64. The molecule has 0 bridgehead atoms. The fraction of sp³-hybridized carbons (Fsp3) is 0.944. The maximum Gasteiger partial charge on any atom is 0.241 e. The highest BCUT2D eigenvalue weighted by Gasteiger charge is 2.39. The van der Waals surface area contributed by atoms with Crippen molar-refractivity contribution in [3.8, 4) is 0 Å². The fourth-order valence-corrected chi connectivity index (χ4v) is 4.00. The van der Waals surface area contributed by atoms with E-state index in [0.717, 1.165) is 31.2 Å². The molecule has 122 valence electrons. The number of hydrogen-bond acceptors (Lipinski definition) is 2. The molecule has 1 saturated heterocycles. The third-order valence-corrected chi connectivity index (χ3v) is 5.45. The van der Waals surface area contributed by atoms with Crippen molar-refractivity contribution in [1.29, 1.82) is 0 Å². The topological polar surface area (TPSA) is 32.3 Å². The minimum Gasteiger partial charge on any atom is -0.326 e. The van der Waals surface area contributed by atoms with Crippen LogP contribution >= 0.6 is 0 Å². The van der Waals surface area contributed by atoms with Gasteiger partial charge < -0.3 is 4.90 Å². The highest BCUT2D eigenvalue weighted by atomic mass is 16.2. The summed E-state index contributed by atoms with van der Waals surface area (Å²) in [4.78, 5) is 14.8. The Labute approximate surface area is 130 Å². The first-order chi connectivity index (χ1) is 10.0. The number of carbonyl (C=O) groups excluding carboxylic acids is 1. The van der Waals surface area contributed by atoms with Crippen molar-refractivity contribution in [2.75, 3.05) is 6.54 Å². The molecule has 1 amide bonds. The van der Waals surface area contributed by atoms with E-state index in [2.05, 4.69) is 37.9 Å². The molecule has 1 aliphatic heterocycles. The summed E-state index contributed by atoms with van der Waals surface area (Å²) in [6.07, 6.45) is 8.93. The first kappa shape index (κ1) is 16.8. The molecule has 2 rings (SSSR count). The molecule has 2 atom stereocenters. The minimum absolute atomic E-state index is 0.0562. The molecule has 1 N–H and O–H groups in total. The van der Waals surface area contributed by atoms with Gasteiger partial charge in [0.1, 0.15) is 0 Å². The lowest BCUT2D eigenvalue weighted by Crippen LogP contribution is -2.41. The zero-order valence-electron chi connectivity index (χ0n) is 14.4. The van der Waals surface area contributed by atoms with Crippen molar-refractivity contribution in [2.24, 2.45) is 17.8 Å². The quantitative estimate of drug-likeness (QED) is 0.808. The average molecular weight is 294 g/mol. The zero-order valence-corrected chi connectivity index (χ0v) is 14.4. The van der Waals surface area contributed by atoms with E-state index < -0.39 is 0 Å². The lowest BCUT2D eigenvalue weighted by molar-refractivity contribution is -0.131. The molecule has 2 unspecified atom stereocenters. The van der Waals surface area contributed by atoms with Crippen LogP contribution in [0.1, 0.15) is 72.6 Å². The molecule has 0 aromatic rings. The number of carbonyl (C=O) groups is 1. The molecule has 1 saturated carbocycles. The van der Waals surface area contributed by atoms with Crippen LogP contribution in [0.3, 0.4) is 0 Å². The van der Waals surface area contributed by atoms with Gasteiger partial charge in [-0.05, 0) is 43.4 Å². The van der Waals surface area contributed by atoms with Crippen LogP contribution in [0.5, 0.6) is 0 Å². The predicted molar refractivity (Wildman–Crippen MR) is 87.9 cm³/mol. The van der Waals surface area contributed by atoms with E-state index in [4.69, 9.17) is 0 Å². The first-order valence-corrected chi connectivity index (χ1v) is 9.11. The molecular formula is C18H34N2O. The second-order valence-electron chi connectivity index (χ2n) is 7.56. The number of amides is 1. The minimum atomic E-state index is 0.0562. The van der Waals surface area contributed by atoms with Crippen molar-refractivity contribution in [1.82, 2.24) is 10.2 Å². The molecule has 1 heterocycles. The van der Waals surface area contributed by atoms with E-state index in [0.29, 0.717) is 11.8 Å². The smallest absolute Gasteiger partial charge is 0.241 e. The SMILES string of the molecule is CCC1CCC(CN2C(=O)C(CC)NC2CC(C)C)CC1. The van der Waals surface area contributed by atoms with Crippen LogP contribution < -0.4 is 5.32 Å². The molecule has 0 aromatic carbocycles. The molecule has 21 heavy (non-hydrogen) atoms. The van der Waals surface area contributed by atoms with E-state index in [-0.39, 0.29) is 12.2 Å². The number of nitrogens with zero attached hydrogens (tertiary/aromatic N) is 1. The monoisotopic (exact) mass is 294 g/mol. The second kappa shape index (κ2) is 7.62. The van der Waals surface area contributed by atoms with Crippen LogP contribution in [0, 0.1) is 17.8 Å². The van der Waals surface area contributed by atoms with Crippen molar-refractivity contribution < 1.29 is 4.79 Å². The second-order valence-corrected chi connectivity index (χ2v) is 7.56. The van der Waals surface area contributed by atoms with Crippen molar-refractivity contribution in [3.63, 3.8) is 0 Å². The lowest BCUT2D eigenvalue weighted by Gasteiger charge is -2.33. The summed E-state index contributed by atoms with van der Waals surface area (Å²) in [6.45, 7) is 9.89. The molecule has 2 aliphatic rings. The molecule has 0 spiro atoms. The number of rotatable bonds is 6. The van der Waals surface area contributed by atoms with Gasteiger partial charge >= 0.3 is 0 Å². The van der Waals surface area contributed by atoms with Crippen molar-refractivity contribution >= 4 is 5.91 Å². The molecule has 3 nitrogen and oxygen atoms in total. The Bertz CT molecular complexity index is 334. The third-order valence-electron chi connectivity index (χ3n) is 5.45. The fourth-order valence-electron chi connectivity index (χ4n) is 4.00. The Hall–Kier alpha value is -0.570. The number of hydrogen-bond donors (Lipinski definition) is 1. The van der Waals surface area contributed by atoms with Crippen molar-refractivity contribution in [3.05, 3.63) is 0 Å². The predicted octanol–water partition coefficient (Wildman–Crippen LogP) is 3.79. The maximum atomic E-state index is 12.6. The Morgan fingerprint density at radius 1 is 1.10 bits per heavy atom. The van der Waals surface area contributed by atoms with Crippen LogP contribution in [0.4, 0.5) is 0 Å². The molecular weight excluding hydrogens is 260 g/mol. The third kappa shape index (κ3) is 4.21. The van der Waals surface area contributed by atoms with Gasteiger partial charge in [-0.3, -0.25) is 10.1 Å². The summed E-state index contributed by atoms with van der Waals surface area (Å²) in [5.41, 5.74) is 0. The van der Waals surface area contributed by atoms with Gasteiger partial charge in [0, 0.05) is 6.54 Å². The zero-order chi connectivity index (χ0) is 15.4. The van der Waals surface area contributed by atoms with Gasteiger partial charge in [0.25, 0.3) is 0 Å². The highest BCUT2D eigenvalue weighted by Crippen LogP contribution is 2.32. The summed E-state index contributed by atoms with van der Waals surface area (Å²) >= 11 is 0. The molecule has 2 fully saturated rings. The van der Waals surface area contributed by atoms with Crippen LogP contribution in [0.15, 0.2) is 0 Å². The Morgan fingerprint density at radius 2 is 1.71 bits per heavy atom. The standard InChI is InChI=1S/C18H34N2O/c1-5-14-7-9-15(10-8-14)12-20-17(11-13(3)4)19-16(6-2)18(20)21/h13-17,19H,5-12H2,1-4H3. The van der Waals surface area contributed by atoms with Gasteiger partial charge in [0.15, 0.2) is 0 Å². The molecule has 1 aliphatic carbocycles. The summed E-state index contributed by atoms with van der Waals surface area (Å²) in [6, 6.07) is 0.0562. The van der Waals surface area contributed by atoms with Gasteiger partial charge in [-0.2, -0.15) is 0 Å². The Morgan fingerprint density at radius 3 is 2.24 bits per heavy atom. The van der Waals surface area contributed by atoms with Crippen LogP contribution in [0.25, 0.3) is 0 Å². The summed E-state index contributed by atoms with van der Waals surface area (Å²) in [7, 11) is 0. The van der Waals surface area contributed by atoms with Gasteiger partial charge in [-0.15, -0.1) is 0 Å². The Balaban J connectivity index is 1.93. The van der Waals surface area contributed by atoms with E-state index in [1.54, 1.807) is 0 Å². The van der Waals surface area contributed by atoms with Gasteiger partial charge in [-0.1, -0.05) is 47.0 Å². The summed E-state index contributed by atoms with van der Waals surface area (Å²) < 4.78 is 0. The summed E-state index contributed by atoms with van der Waals surface area (Å²) in [5, 5.41) is 3.56. The van der Waals surface area contributed by atoms with Crippen molar-refractivity contribution in [2.45, 2.75) is 84.8 Å². The van der Waals surface area contributed by atoms with E-state index in [9.17, 15) is 4.79 Å². The average Bonchev–Trinajstić information content (AvgIpc) is 2.76. The van der Waals surface area contributed by atoms with Crippen LogP contribution in [0.2, 0.25) is 0 Å². The van der Waals surface area contributed by atoms with Crippen LogP contribution in [-0.2, 0) is 4.79 Å². The van der Waals surface area contributed by atoms with E-state index >= 15 is 0 Å². The molecule has 3 heteroatoms. The first-order valence-electron chi connectivity index (χ1n) is 9.11. The van der Waals surface area contributed by atoms with E-state index in [1.807, 2.05) is 0 Å². The lowest BCUT2D eigenvalue weighted by atomic mass is 9.80. The normalized spacial score (nSPS) is 34.0. The molecule has 0 radical (unpaired) electrons. The van der Waals surface area contributed by atoms with E-state index in [1.165, 1.54) is 32.1 Å². The number of nitrogens with one attached hydrogen (secondary N) is 1. The Kier molecular flexibility index (Phi) is 6.09. The van der Waals surface area contributed by atoms with Gasteiger partial charge in [0.05, 0.1) is 12.2 Å². The maximum absolute atomic E-state index is 12.6. The highest BCUT2D eigenvalue weighted by molar-refractivity contribution is 5.84.